The van der Waals surface area contributed by atoms with Gasteiger partial charge in [0, 0.05) is 29.6 Å². The summed E-state index contributed by atoms with van der Waals surface area (Å²) in [4.78, 5) is 18.8. The predicted octanol–water partition coefficient (Wildman–Crippen LogP) is 5.42. The van der Waals surface area contributed by atoms with Gasteiger partial charge in [0.2, 0.25) is 5.91 Å². The molecule has 1 atom stereocenters. The number of amides is 1. The van der Waals surface area contributed by atoms with Crippen molar-refractivity contribution >= 4 is 16.8 Å². The highest BCUT2D eigenvalue weighted by Gasteiger charge is 2.34. The summed E-state index contributed by atoms with van der Waals surface area (Å²) >= 11 is 0. The number of carbonyl (C=O) groups is 1. The Balaban J connectivity index is 1.53. The van der Waals surface area contributed by atoms with Gasteiger partial charge < -0.3 is 14.6 Å². The molecule has 162 valence electrons. The van der Waals surface area contributed by atoms with E-state index in [9.17, 15) is 9.18 Å². The van der Waals surface area contributed by atoms with Crippen LogP contribution in [0, 0.1) is 5.82 Å². The number of carbonyl (C=O) groups excluding carboxylic acids is 1. The molecule has 1 aliphatic rings. The van der Waals surface area contributed by atoms with Crippen molar-refractivity contribution in [1.29, 1.82) is 0 Å². The summed E-state index contributed by atoms with van der Waals surface area (Å²) in [6.07, 6.45) is 1.89. The summed E-state index contributed by atoms with van der Waals surface area (Å²) < 4.78 is 19.1. The fraction of sp³-hybridized carbons (Fsp3) is 0.222. The number of rotatable bonds is 5. The van der Waals surface area contributed by atoms with E-state index in [0.717, 1.165) is 39.9 Å². The highest BCUT2D eigenvalue weighted by atomic mass is 19.1. The molecular weight excluding hydrogens is 403 g/mol. The smallest absolute Gasteiger partial charge is 0.223 e. The molecule has 0 unspecified atom stereocenters. The second-order valence-corrected chi connectivity index (χ2v) is 8.21. The van der Waals surface area contributed by atoms with Gasteiger partial charge >= 0.3 is 0 Å². The Hall–Kier alpha value is -3.60. The van der Waals surface area contributed by atoms with E-state index in [-0.39, 0.29) is 17.8 Å². The highest BCUT2D eigenvalue weighted by Crippen LogP contribution is 2.39. The molecule has 4 nitrogen and oxygen atoms in total. The summed E-state index contributed by atoms with van der Waals surface area (Å²) in [5, 5.41) is 1.11. The van der Waals surface area contributed by atoms with E-state index >= 15 is 0 Å². The lowest BCUT2D eigenvalue weighted by Crippen LogP contribution is -2.40. The number of halogens is 1. The number of nitrogens with zero attached hydrogens (tertiary/aromatic N) is 1. The summed E-state index contributed by atoms with van der Waals surface area (Å²) in [6.45, 7) is 0.618. The number of fused-ring (bicyclic) bond motifs is 3. The van der Waals surface area contributed by atoms with E-state index in [1.807, 2.05) is 53.4 Å². The molecular formula is C27H25FN2O2. The number of H-pyrrole nitrogens is 1. The minimum atomic E-state index is -0.284. The molecule has 0 saturated carbocycles. The third kappa shape index (κ3) is 3.75. The molecule has 0 saturated heterocycles. The third-order valence-corrected chi connectivity index (χ3v) is 6.31. The van der Waals surface area contributed by atoms with E-state index in [2.05, 4.69) is 4.98 Å². The van der Waals surface area contributed by atoms with Crippen molar-refractivity contribution in [3.05, 3.63) is 101 Å². The molecule has 5 heteroatoms. The topological polar surface area (TPSA) is 45.3 Å². The quantitative estimate of drug-likeness (QED) is 0.461. The number of benzene rings is 3. The number of aromatic amines is 1. The molecule has 5 rings (SSSR count). The number of aryl methyl sites for hydroxylation is 1. The zero-order valence-electron chi connectivity index (χ0n) is 18.0. The van der Waals surface area contributed by atoms with Gasteiger partial charge in [-0.2, -0.15) is 0 Å². The molecule has 0 radical (unpaired) electrons. The average molecular weight is 429 g/mol. The average Bonchev–Trinajstić information content (AvgIpc) is 3.21. The zero-order valence-corrected chi connectivity index (χ0v) is 18.0. The molecule has 1 N–H and O–H groups in total. The van der Waals surface area contributed by atoms with Crippen LogP contribution in [0.25, 0.3) is 10.9 Å². The number of nitrogens with one attached hydrogen (secondary N) is 1. The van der Waals surface area contributed by atoms with Gasteiger partial charge in [-0.1, -0.05) is 42.5 Å². The maximum Gasteiger partial charge on any atom is 0.223 e. The first-order valence-corrected chi connectivity index (χ1v) is 10.9. The van der Waals surface area contributed by atoms with E-state index < -0.39 is 0 Å². The molecule has 0 bridgehead atoms. The second-order valence-electron chi connectivity index (χ2n) is 8.21. The maximum atomic E-state index is 13.7. The van der Waals surface area contributed by atoms with Gasteiger partial charge in [-0.25, -0.2) is 4.39 Å². The van der Waals surface area contributed by atoms with Gasteiger partial charge in [0.1, 0.15) is 11.6 Å². The number of ether oxygens (including phenoxy) is 1. The van der Waals surface area contributed by atoms with Crippen LogP contribution in [-0.4, -0.2) is 29.4 Å². The first-order valence-electron chi connectivity index (χ1n) is 10.9. The van der Waals surface area contributed by atoms with Crippen molar-refractivity contribution in [1.82, 2.24) is 9.88 Å². The van der Waals surface area contributed by atoms with Gasteiger partial charge in [-0.15, -0.1) is 0 Å². The number of methoxy groups -OCH3 is 1. The van der Waals surface area contributed by atoms with Gasteiger partial charge in [-0.05, 0) is 59.9 Å². The number of aromatic nitrogens is 1. The van der Waals surface area contributed by atoms with Crippen molar-refractivity contribution in [2.75, 3.05) is 13.7 Å². The Bertz CT molecular complexity index is 1250. The van der Waals surface area contributed by atoms with Crippen LogP contribution in [-0.2, 0) is 17.6 Å². The maximum absolute atomic E-state index is 13.7. The third-order valence-electron chi connectivity index (χ3n) is 6.31. The minimum absolute atomic E-state index is 0.102. The lowest BCUT2D eigenvalue weighted by Gasteiger charge is -2.36. The first-order chi connectivity index (χ1) is 15.6. The lowest BCUT2D eigenvalue weighted by atomic mass is 9.91. The summed E-state index contributed by atoms with van der Waals surface area (Å²) in [5.74, 6) is 0.622. The monoisotopic (exact) mass is 428 g/mol. The van der Waals surface area contributed by atoms with Crippen LogP contribution in [0.2, 0.25) is 0 Å². The second kappa shape index (κ2) is 8.50. The Labute approximate surface area is 186 Å². The van der Waals surface area contributed by atoms with Crippen molar-refractivity contribution in [3.63, 3.8) is 0 Å². The molecule has 0 aliphatic carbocycles. The number of hydrogen-bond donors (Lipinski definition) is 1. The van der Waals surface area contributed by atoms with Crippen molar-refractivity contribution in [2.45, 2.75) is 25.3 Å². The Morgan fingerprint density at radius 1 is 1.09 bits per heavy atom. The van der Waals surface area contributed by atoms with Gasteiger partial charge in [-0.3, -0.25) is 4.79 Å². The molecule has 1 amide bonds. The van der Waals surface area contributed by atoms with Gasteiger partial charge in [0.25, 0.3) is 0 Å². The molecule has 4 aromatic rings. The fourth-order valence-corrected chi connectivity index (χ4v) is 4.69. The largest absolute Gasteiger partial charge is 0.497 e. The van der Waals surface area contributed by atoms with E-state index in [1.165, 1.54) is 17.7 Å². The fourth-order valence-electron chi connectivity index (χ4n) is 4.69. The number of hydrogen-bond acceptors (Lipinski definition) is 2. The molecule has 0 spiro atoms. The highest BCUT2D eigenvalue weighted by molar-refractivity contribution is 5.88. The SMILES string of the molecule is COc1ccc2[nH]c3c(c2c1)CCN(C(=O)CCc1ccccc1)[C@@H]3c1ccc(F)cc1. The van der Waals surface area contributed by atoms with Gasteiger partial charge in [0.15, 0.2) is 0 Å². The Morgan fingerprint density at radius 2 is 1.88 bits per heavy atom. The van der Waals surface area contributed by atoms with Crippen LogP contribution in [0.3, 0.4) is 0 Å². The first kappa shape index (κ1) is 20.3. The van der Waals surface area contributed by atoms with E-state index in [4.69, 9.17) is 4.74 Å². The molecule has 2 heterocycles. The minimum Gasteiger partial charge on any atom is -0.497 e. The molecule has 0 fully saturated rings. The Kier molecular flexibility index (Phi) is 5.39. The molecule has 3 aromatic carbocycles. The van der Waals surface area contributed by atoms with Crippen molar-refractivity contribution in [3.8, 4) is 5.75 Å². The predicted molar refractivity (Wildman–Crippen MR) is 123 cm³/mol. The normalized spacial score (nSPS) is 15.6. The van der Waals surface area contributed by atoms with Crippen LogP contribution in [0.1, 0.15) is 34.8 Å². The molecule has 1 aliphatic heterocycles. The molecule has 32 heavy (non-hydrogen) atoms. The van der Waals surface area contributed by atoms with Crippen molar-refractivity contribution in [2.24, 2.45) is 0 Å². The van der Waals surface area contributed by atoms with E-state index in [1.54, 1.807) is 19.2 Å². The van der Waals surface area contributed by atoms with Crippen LogP contribution in [0.4, 0.5) is 4.39 Å². The van der Waals surface area contributed by atoms with Gasteiger partial charge in [0.05, 0.1) is 13.2 Å². The van der Waals surface area contributed by atoms with E-state index in [0.29, 0.717) is 19.4 Å². The van der Waals surface area contributed by atoms with Crippen LogP contribution >= 0.6 is 0 Å². The lowest BCUT2D eigenvalue weighted by molar-refractivity contribution is -0.133. The van der Waals surface area contributed by atoms with Crippen LogP contribution < -0.4 is 4.74 Å². The van der Waals surface area contributed by atoms with Crippen LogP contribution in [0.5, 0.6) is 5.75 Å². The standard InChI is InChI=1S/C27H25FN2O2/c1-32-21-12-13-24-23(17-21)22-15-16-30(25(31)14-7-18-5-3-2-4-6-18)27(26(22)29-24)19-8-10-20(28)11-9-19/h2-6,8-13,17,27,29H,7,14-16H2,1H3/t27-/m1/s1. The van der Waals surface area contributed by atoms with Crippen molar-refractivity contribution < 1.29 is 13.9 Å². The summed E-state index contributed by atoms with van der Waals surface area (Å²) in [5.41, 5.74) is 5.26. The zero-order chi connectivity index (χ0) is 22.1. The summed E-state index contributed by atoms with van der Waals surface area (Å²) in [7, 11) is 1.66. The molecule has 1 aromatic heterocycles. The summed E-state index contributed by atoms with van der Waals surface area (Å²) in [6, 6.07) is 22.2. The van der Waals surface area contributed by atoms with Crippen LogP contribution in [0.15, 0.2) is 72.8 Å². The Morgan fingerprint density at radius 3 is 2.62 bits per heavy atom.